The van der Waals surface area contributed by atoms with E-state index in [1.807, 2.05) is 6.92 Å². The van der Waals surface area contributed by atoms with Crippen LogP contribution in [-0.2, 0) is 4.79 Å². The van der Waals surface area contributed by atoms with Crippen LogP contribution in [0, 0.1) is 5.92 Å². The number of amides is 1. The first kappa shape index (κ1) is 15.7. The van der Waals surface area contributed by atoms with Gasteiger partial charge in [-0.1, -0.05) is 12.8 Å². The Bertz CT molecular complexity index is 269. The van der Waals surface area contributed by atoms with Gasteiger partial charge in [-0.2, -0.15) is 0 Å². The fourth-order valence-electron chi connectivity index (χ4n) is 2.96. The number of nitrogens with one attached hydrogen (secondary N) is 1. The number of carbonyl (C=O) groups excluding carboxylic acids is 1. The van der Waals surface area contributed by atoms with Crippen LogP contribution < -0.4 is 11.1 Å². The van der Waals surface area contributed by atoms with Gasteiger partial charge in [0.1, 0.15) is 0 Å². The molecule has 3 N–H and O–H groups in total. The van der Waals surface area contributed by atoms with E-state index in [0.717, 1.165) is 38.9 Å². The molecule has 2 atom stereocenters. The van der Waals surface area contributed by atoms with E-state index in [2.05, 4.69) is 10.2 Å². The molecule has 0 radical (unpaired) electrons. The summed E-state index contributed by atoms with van der Waals surface area (Å²) in [5.74, 6) is 0.784. The van der Waals surface area contributed by atoms with E-state index in [1.165, 1.54) is 12.8 Å². The quantitative estimate of drug-likeness (QED) is 0.809. The molecule has 1 saturated heterocycles. The Morgan fingerprint density at radius 3 is 2.61 bits per heavy atom. The Labute approximate surface area is 116 Å². The van der Waals surface area contributed by atoms with E-state index in [0.29, 0.717) is 12.0 Å². The van der Waals surface area contributed by atoms with E-state index < -0.39 is 0 Å². The van der Waals surface area contributed by atoms with Crippen molar-refractivity contribution < 1.29 is 4.79 Å². The fraction of sp³-hybridized carbons (Fsp3) is 0.923. The molecule has 5 heteroatoms. The summed E-state index contributed by atoms with van der Waals surface area (Å²) in [5.41, 5.74) is 5.68. The first-order valence-corrected chi connectivity index (χ1v) is 6.95. The third-order valence-corrected chi connectivity index (χ3v) is 4.28. The van der Waals surface area contributed by atoms with Crippen molar-refractivity contribution in [2.75, 3.05) is 19.6 Å². The summed E-state index contributed by atoms with van der Waals surface area (Å²) in [5, 5.41) is 3.18. The average Bonchev–Trinajstić information content (AvgIpc) is 2.98. The number of carbonyl (C=O) groups is 1. The Balaban J connectivity index is 0.00000162. The maximum atomic E-state index is 12.1. The van der Waals surface area contributed by atoms with Gasteiger partial charge in [-0.25, -0.2) is 0 Å². The molecule has 106 valence electrons. The highest BCUT2D eigenvalue weighted by molar-refractivity contribution is 5.85. The normalized spacial score (nSPS) is 26.9. The lowest BCUT2D eigenvalue weighted by Gasteiger charge is -2.25. The van der Waals surface area contributed by atoms with E-state index >= 15 is 0 Å². The van der Waals surface area contributed by atoms with Crippen molar-refractivity contribution in [1.82, 2.24) is 10.2 Å². The van der Waals surface area contributed by atoms with Gasteiger partial charge in [0.05, 0.1) is 6.04 Å². The molecule has 0 aromatic rings. The summed E-state index contributed by atoms with van der Waals surface area (Å²) in [6, 6.07) is 0.435. The van der Waals surface area contributed by atoms with Gasteiger partial charge in [0.25, 0.3) is 0 Å². The lowest BCUT2D eigenvalue weighted by Crippen LogP contribution is -2.47. The van der Waals surface area contributed by atoms with Crippen LogP contribution in [0.4, 0.5) is 0 Å². The Morgan fingerprint density at radius 1 is 1.39 bits per heavy atom. The lowest BCUT2D eigenvalue weighted by atomic mass is 10.1. The van der Waals surface area contributed by atoms with E-state index in [4.69, 9.17) is 5.73 Å². The highest BCUT2D eigenvalue weighted by atomic mass is 35.5. The van der Waals surface area contributed by atoms with Crippen molar-refractivity contribution in [2.45, 2.75) is 51.1 Å². The molecule has 1 aliphatic heterocycles. The van der Waals surface area contributed by atoms with E-state index in [-0.39, 0.29) is 24.4 Å². The summed E-state index contributed by atoms with van der Waals surface area (Å²) in [7, 11) is 0. The molecule has 2 aliphatic rings. The third kappa shape index (κ3) is 3.84. The second kappa shape index (κ2) is 7.31. The van der Waals surface area contributed by atoms with Gasteiger partial charge in [-0.3, -0.25) is 9.69 Å². The van der Waals surface area contributed by atoms with Crippen LogP contribution in [0.25, 0.3) is 0 Å². The Morgan fingerprint density at radius 2 is 2.06 bits per heavy atom. The number of hydrogen-bond acceptors (Lipinski definition) is 3. The van der Waals surface area contributed by atoms with Gasteiger partial charge in [-0.15, -0.1) is 12.4 Å². The Kier molecular flexibility index (Phi) is 6.39. The molecular weight excluding hydrogens is 250 g/mol. The largest absolute Gasteiger partial charge is 0.352 e. The number of nitrogens with two attached hydrogens (primary N) is 1. The summed E-state index contributed by atoms with van der Waals surface area (Å²) in [6.07, 6.45) is 5.97. The summed E-state index contributed by atoms with van der Waals surface area (Å²) < 4.78 is 0. The van der Waals surface area contributed by atoms with Crippen molar-refractivity contribution in [3.63, 3.8) is 0 Å². The predicted molar refractivity (Wildman–Crippen MR) is 75.8 cm³/mol. The van der Waals surface area contributed by atoms with E-state index in [9.17, 15) is 4.79 Å². The zero-order valence-electron chi connectivity index (χ0n) is 11.2. The molecule has 0 aromatic heterocycles. The van der Waals surface area contributed by atoms with Crippen molar-refractivity contribution in [2.24, 2.45) is 11.7 Å². The highest BCUT2D eigenvalue weighted by Crippen LogP contribution is 2.20. The summed E-state index contributed by atoms with van der Waals surface area (Å²) in [6.45, 7) is 4.76. The summed E-state index contributed by atoms with van der Waals surface area (Å²) in [4.78, 5) is 14.4. The van der Waals surface area contributed by atoms with Crippen LogP contribution >= 0.6 is 12.4 Å². The minimum Gasteiger partial charge on any atom is -0.352 e. The molecular formula is C13H26ClN3O. The fourth-order valence-corrected chi connectivity index (χ4v) is 2.96. The van der Waals surface area contributed by atoms with Crippen LogP contribution in [-0.4, -0.2) is 42.5 Å². The molecule has 1 amide bonds. The van der Waals surface area contributed by atoms with Crippen LogP contribution in [0.3, 0.4) is 0 Å². The lowest BCUT2D eigenvalue weighted by molar-refractivity contribution is -0.126. The van der Waals surface area contributed by atoms with Gasteiger partial charge in [0.15, 0.2) is 0 Å². The molecule has 4 nitrogen and oxygen atoms in total. The molecule has 0 bridgehead atoms. The molecule has 18 heavy (non-hydrogen) atoms. The van der Waals surface area contributed by atoms with Crippen LogP contribution in [0.5, 0.6) is 0 Å². The molecule has 0 spiro atoms. The Hall–Kier alpha value is -0.320. The molecule has 1 heterocycles. The number of halogens is 1. The first-order chi connectivity index (χ1) is 8.20. The monoisotopic (exact) mass is 275 g/mol. The van der Waals surface area contributed by atoms with Crippen LogP contribution in [0.2, 0.25) is 0 Å². The van der Waals surface area contributed by atoms with Gasteiger partial charge < -0.3 is 11.1 Å². The number of nitrogens with zero attached hydrogens (tertiary/aromatic N) is 1. The average molecular weight is 276 g/mol. The molecule has 2 rings (SSSR count). The SMILES string of the molecule is CC(C(=O)NC1CCCC1)N1CCC(CN)C1.Cl. The van der Waals surface area contributed by atoms with Crippen LogP contribution in [0.1, 0.15) is 39.0 Å². The first-order valence-electron chi connectivity index (χ1n) is 6.95. The third-order valence-electron chi connectivity index (χ3n) is 4.28. The van der Waals surface area contributed by atoms with Crippen molar-refractivity contribution in [3.05, 3.63) is 0 Å². The van der Waals surface area contributed by atoms with Gasteiger partial charge in [-0.05, 0) is 45.2 Å². The second-order valence-electron chi connectivity index (χ2n) is 5.55. The van der Waals surface area contributed by atoms with Crippen molar-refractivity contribution in [1.29, 1.82) is 0 Å². The minimum absolute atomic E-state index is 0. The highest BCUT2D eigenvalue weighted by Gasteiger charge is 2.30. The smallest absolute Gasteiger partial charge is 0.237 e. The maximum absolute atomic E-state index is 12.1. The molecule has 2 fully saturated rings. The van der Waals surface area contributed by atoms with E-state index in [1.54, 1.807) is 0 Å². The molecule has 1 aliphatic carbocycles. The van der Waals surface area contributed by atoms with Gasteiger partial charge in [0.2, 0.25) is 5.91 Å². The van der Waals surface area contributed by atoms with Gasteiger partial charge in [0, 0.05) is 12.6 Å². The van der Waals surface area contributed by atoms with Gasteiger partial charge >= 0.3 is 0 Å². The summed E-state index contributed by atoms with van der Waals surface area (Å²) >= 11 is 0. The van der Waals surface area contributed by atoms with Crippen molar-refractivity contribution in [3.8, 4) is 0 Å². The molecule has 1 saturated carbocycles. The standard InChI is InChI=1S/C13H25N3O.ClH/c1-10(16-7-6-11(8-14)9-16)13(17)15-12-4-2-3-5-12;/h10-12H,2-9,14H2,1H3,(H,15,17);1H. The second-order valence-corrected chi connectivity index (χ2v) is 5.55. The number of likely N-dealkylation sites (tertiary alicyclic amines) is 1. The minimum atomic E-state index is 0. The topological polar surface area (TPSA) is 58.4 Å². The number of rotatable bonds is 4. The zero-order chi connectivity index (χ0) is 12.3. The molecule has 2 unspecified atom stereocenters. The zero-order valence-corrected chi connectivity index (χ0v) is 12.0. The van der Waals surface area contributed by atoms with Crippen LogP contribution in [0.15, 0.2) is 0 Å². The van der Waals surface area contributed by atoms with Crippen molar-refractivity contribution >= 4 is 18.3 Å². The maximum Gasteiger partial charge on any atom is 0.237 e. The number of hydrogen-bond donors (Lipinski definition) is 2. The predicted octanol–water partition coefficient (Wildman–Crippen LogP) is 1.14. The molecule has 0 aromatic carbocycles.